The number of Topliss-reactive ketones (excluding diaryl/α,β-unsaturated/α-hetero) is 2. The molecule has 2 aromatic rings. The Hall–Kier alpha value is -3.60. The molecule has 0 bridgehead atoms. The van der Waals surface area contributed by atoms with Crippen molar-refractivity contribution in [1.29, 1.82) is 0 Å². The van der Waals surface area contributed by atoms with Crippen LogP contribution >= 0.6 is 0 Å². The van der Waals surface area contributed by atoms with Crippen molar-refractivity contribution in [2.45, 2.75) is 64.4 Å². The normalized spacial score (nSPS) is 17.9. The number of benzene rings is 2. The van der Waals surface area contributed by atoms with Crippen LogP contribution in [0.4, 0.5) is 0 Å². The van der Waals surface area contributed by atoms with E-state index in [1.807, 2.05) is 18.2 Å². The van der Waals surface area contributed by atoms with Gasteiger partial charge in [0.25, 0.3) is 0 Å². The molecular formula is C31H32O5. The second kappa shape index (κ2) is 10.2. The zero-order chi connectivity index (χ0) is 25.2. The van der Waals surface area contributed by atoms with Gasteiger partial charge in [-0.1, -0.05) is 42.0 Å². The molecule has 0 saturated heterocycles. The fraction of sp³-hybridized carbons (Fsp3) is 0.355. The van der Waals surface area contributed by atoms with Crippen molar-refractivity contribution < 1.29 is 23.8 Å². The van der Waals surface area contributed by atoms with Crippen molar-refractivity contribution in [3.63, 3.8) is 0 Å². The molecule has 0 aromatic heterocycles. The molecule has 0 unspecified atom stereocenters. The summed E-state index contributed by atoms with van der Waals surface area (Å²) in [6.07, 6.45) is 6.34. The van der Waals surface area contributed by atoms with E-state index in [9.17, 15) is 9.59 Å². The first kappa shape index (κ1) is 24.1. The number of aryl methyl sites for hydroxylation is 1. The first-order valence-electron chi connectivity index (χ1n) is 12.7. The quantitative estimate of drug-likeness (QED) is 0.423. The summed E-state index contributed by atoms with van der Waals surface area (Å²) in [7, 11) is 1.62. The summed E-state index contributed by atoms with van der Waals surface area (Å²) in [6.45, 7) is 6.39. The minimum atomic E-state index is -0.437. The highest BCUT2D eigenvalue weighted by atomic mass is 16.5. The van der Waals surface area contributed by atoms with E-state index in [2.05, 4.69) is 37.8 Å². The Morgan fingerprint density at radius 1 is 0.972 bits per heavy atom. The van der Waals surface area contributed by atoms with Crippen LogP contribution in [0.3, 0.4) is 0 Å². The first-order valence-corrected chi connectivity index (χ1v) is 12.7. The van der Waals surface area contributed by atoms with Crippen LogP contribution in [0.15, 0.2) is 71.7 Å². The zero-order valence-corrected chi connectivity index (χ0v) is 21.0. The Bertz CT molecular complexity index is 1240. The Labute approximate surface area is 212 Å². The first-order chi connectivity index (χ1) is 17.5. The molecule has 0 amide bonds. The Morgan fingerprint density at radius 2 is 1.61 bits per heavy atom. The van der Waals surface area contributed by atoms with E-state index in [1.165, 1.54) is 5.56 Å². The van der Waals surface area contributed by atoms with Crippen LogP contribution in [0.2, 0.25) is 0 Å². The second-order valence-electron chi connectivity index (χ2n) is 9.74. The van der Waals surface area contributed by atoms with Gasteiger partial charge in [-0.15, -0.1) is 6.58 Å². The minimum Gasteiger partial charge on any atom is -0.493 e. The molecule has 186 valence electrons. The predicted octanol–water partition coefficient (Wildman–Crippen LogP) is 6.44. The van der Waals surface area contributed by atoms with E-state index in [-0.39, 0.29) is 11.6 Å². The molecule has 5 heteroatoms. The highest BCUT2D eigenvalue weighted by Gasteiger charge is 2.42. The van der Waals surface area contributed by atoms with E-state index >= 15 is 0 Å². The van der Waals surface area contributed by atoms with Crippen molar-refractivity contribution in [1.82, 2.24) is 0 Å². The van der Waals surface area contributed by atoms with Gasteiger partial charge >= 0.3 is 0 Å². The molecule has 2 aliphatic carbocycles. The topological polar surface area (TPSA) is 61.8 Å². The fourth-order valence-corrected chi connectivity index (χ4v) is 5.46. The van der Waals surface area contributed by atoms with Gasteiger partial charge in [0.05, 0.1) is 7.11 Å². The van der Waals surface area contributed by atoms with Crippen LogP contribution < -0.4 is 9.47 Å². The molecule has 5 nitrogen and oxygen atoms in total. The summed E-state index contributed by atoms with van der Waals surface area (Å²) >= 11 is 0. The molecule has 1 aliphatic heterocycles. The number of rotatable bonds is 7. The number of carbonyl (C=O) groups is 2. The molecular weight excluding hydrogens is 452 g/mol. The van der Waals surface area contributed by atoms with E-state index in [1.54, 1.807) is 7.11 Å². The molecule has 36 heavy (non-hydrogen) atoms. The average molecular weight is 485 g/mol. The van der Waals surface area contributed by atoms with Crippen molar-refractivity contribution in [2.75, 3.05) is 7.11 Å². The Kier molecular flexibility index (Phi) is 6.82. The third kappa shape index (κ3) is 4.50. The minimum absolute atomic E-state index is 0.0649. The molecule has 0 radical (unpaired) electrons. The lowest BCUT2D eigenvalue weighted by Gasteiger charge is -2.36. The molecule has 0 saturated carbocycles. The van der Waals surface area contributed by atoms with Crippen LogP contribution in [0.1, 0.15) is 66.7 Å². The lowest BCUT2D eigenvalue weighted by atomic mass is 9.73. The van der Waals surface area contributed by atoms with Gasteiger partial charge in [0.15, 0.2) is 23.1 Å². The van der Waals surface area contributed by atoms with E-state index in [0.717, 1.165) is 53.9 Å². The predicted molar refractivity (Wildman–Crippen MR) is 138 cm³/mol. The van der Waals surface area contributed by atoms with Gasteiger partial charge in [-0.2, -0.15) is 0 Å². The van der Waals surface area contributed by atoms with Gasteiger partial charge in [0.2, 0.25) is 0 Å². The van der Waals surface area contributed by atoms with Crippen LogP contribution in [-0.2, 0) is 27.4 Å². The summed E-state index contributed by atoms with van der Waals surface area (Å²) in [5.41, 5.74) is 5.30. The highest BCUT2D eigenvalue weighted by molar-refractivity contribution is 6.05. The number of ketones is 2. The standard InChI is InChI=1S/C31H32O5/c1-4-7-21-16-22(17-27(34-3)31(21)35-18-20-14-12-19(2)13-15-20)28-29-23(32)8-5-10-25(29)36-26-11-6-9-24(33)30(26)28/h4,12-17,28H,1,5-11,18H2,2-3H3. The van der Waals surface area contributed by atoms with Crippen molar-refractivity contribution in [2.24, 2.45) is 0 Å². The van der Waals surface area contributed by atoms with Gasteiger partial charge in [0, 0.05) is 48.3 Å². The molecule has 3 aliphatic rings. The van der Waals surface area contributed by atoms with E-state index < -0.39 is 5.92 Å². The summed E-state index contributed by atoms with van der Waals surface area (Å²) in [6, 6.07) is 12.2. The summed E-state index contributed by atoms with van der Waals surface area (Å²) < 4.78 is 18.3. The van der Waals surface area contributed by atoms with Crippen molar-refractivity contribution in [3.8, 4) is 11.5 Å². The maximum absolute atomic E-state index is 13.2. The number of methoxy groups -OCH3 is 1. The Balaban J connectivity index is 1.60. The van der Waals surface area contributed by atoms with Crippen LogP contribution in [0, 0.1) is 6.92 Å². The largest absolute Gasteiger partial charge is 0.493 e. The van der Waals surface area contributed by atoms with Gasteiger partial charge in [0.1, 0.15) is 18.1 Å². The third-order valence-electron chi connectivity index (χ3n) is 7.22. The number of allylic oxidation sites excluding steroid dienone is 5. The smallest absolute Gasteiger partial charge is 0.165 e. The molecule has 5 rings (SSSR count). The number of hydrogen-bond donors (Lipinski definition) is 0. The molecule has 0 fully saturated rings. The molecule has 2 aromatic carbocycles. The lowest BCUT2D eigenvalue weighted by molar-refractivity contribution is -0.117. The molecule has 0 spiro atoms. The van der Waals surface area contributed by atoms with Gasteiger partial charge < -0.3 is 14.2 Å². The Morgan fingerprint density at radius 3 is 2.19 bits per heavy atom. The summed E-state index contributed by atoms with van der Waals surface area (Å²) in [4.78, 5) is 26.3. The number of hydrogen-bond acceptors (Lipinski definition) is 5. The summed E-state index contributed by atoms with van der Waals surface area (Å²) in [5, 5.41) is 0. The lowest BCUT2D eigenvalue weighted by Crippen LogP contribution is -2.30. The third-order valence-corrected chi connectivity index (χ3v) is 7.22. The van der Waals surface area contributed by atoms with Crippen molar-refractivity contribution >= 4 is 11.6 Å². The SMILES string of the molecule is C=CCc1cc(C2C3=C(CCCC3=O)OC3=C2C(=O)CCC3)cc(OC)c1OCc1ccc(C)cc1. The van der Waals surface area contributed by atoms with E-state index in [0.29, 0.717) is 48.5 Å². The van der Waals surface area contributed by atoms with E-state index in [4.69, 9.17) is 14.2 Å². The maximum atomic E-state index is 13.2. The summed E-state index contributed by atoms with van der Waals surface area (Å²) in [5.74, 6) is 2.39. The van der Waals surface area contributed by atoms with Crippen LogP contribution in [0.5, 0.6) is 11.5 Å². The zero-order valence-electron chi connectivity index (χ0n) is 21.0. The van der Waals surface area contributed by atoms with Crippen LogP contribution in [0.25, 0.3) is 0 Å². The maximum Gasteiger partial charge on any atom is 0.165 e. The second-order valence-corrected chi connectivity index (χ2v) is 9.74. The monoisotopic (exact) mass is 484 g/mol. The molecule has 0 N–H and O–H groups in total. The molecule has 1 heterocycles. The van der Waals surface area contributed by atoms with Crippen LogP contribution in [-0.4, -0.2) is 18.7 Å². The van der Waals surface area contributed by atoms with Gasteiger partial charge in [-0.05, 0) is 43.4 Å². The highest BCUT2D eigenvalue weighted by Crippen LogP contribution is 2.49. The fourth-order valence-electron chi connectivity index (χ4n) is 5.46. The average Bonchev–Trinajstić information content (AvgIpc) is 2.88. The van der Waals surface area contributed by atoms with Gasteiger partial charge in [-0.25, -0.2) is 0 Å². The van der Waals surface area contributed by atoms with Crippen molar-refractivity contribution in [3.05, 3.63) is 94.0 Å². The number of ether oxygens (including phenoxy) is 3. The molecule has 0 atom stereocenters. The van der Waals surface area contributed by atoms with Gasteiger partial charge in [-0.3, -0.25) is 9.59 Å². The number of carbonyl (C=O) groups excluding carboxylic acids is 2.